The molecule has 1 unspecified atom stereocenters. The third kappa shape index (κ3) is 10.0. The van der Waals surface area contributed by atoms with Gasteiger partial charge in [-0.3, -0.25) is 0 Å². The van der Waals surface area contributed by atoms with E-state index in [0.29, 0.717) is 6.04 Å². The Bertz CT molecular complexity index is 106. The number of unbranched alkanes of at least 4 members (excludes halogenated alkanes) is 1. The van der Waals surface area contributed by atoms with E-state index < -0.39 is 0 Å². The molecule has 0 fully saturated rings. The van der Waals surface area contributed by atoms with Gasteiger partial charge >= 0.3 is 0 Å². The Hall–Kier alpha value is -0.0800. The molecule has 0 aliphatic heterocycles. The average Bonchev–Trinajstić information content (AvgIpc) is 2.20. The molecular formula is C12H27NO. The van der Waals surface area contributed by atoms with Crippen molar-refractivity contribution in [2.45, 2.75) is 58.9 Å². The maximum atomic E-state index is 5.50. The van der Waals surface area contributed by atoms with Gasteiger partial charge in [0.2, 0.25) is 0 Å². The summed E-state index contributed by atoms with van der Waals surface area (Å²) in [5, 5.41) is 3.48. The largest absolute Gasteiger partial charge is 0.381 e. The highest BCUT2D eigenvalue weighted by Crippen LogP contribution is 1.98. The van der Waals surface area contributed by atoms with Gasteiger partial charge in [-0.05, 0) is 39.2 Å². The van der Waals surface area contributed by atoms with Crippen molar-refractivity contribution in [1.82, 2.24) is 5.32 Å². The molecule has 0 aliphatic rings. The second-order valence-corrected chi connectivity index (χ2v) is 3.96. The zero-order chi connectivity index (χ0) is 10.6. The molecule has 0 spiro atoms. The van der Waals surface area contributed by atoms with E-state index in [4.69, 9.17) is 4.74 Å². The van der Waals surface area contributed by atoms with Crippen LogP contribution in [0.4, 0.5) is 0 Å². The van der Waals surface area contributed by atoms with Crippen LogP contribution in [-0.4, -0.2) is 25.8 Å². The van der Waals surface area contributed by atoms with E-state index in [2.05, 4.69) is 26.1 Å². The first-order chi connectivity index (χ1) is 6.81. The molecule has 1 N–H and O–H groups in total. The van der Waals surface area contributed by atoms with Gasteiger partial charge in [-0.2, -0.15) is 0 Å². The Morgan fingerprint density at radius 2 is 1.79 bits per heavy atom. The zero-order valence-corrected chi connectivity index (χ0v) is 10.1. The summed E-state index contributed by atoms with van der Waals surface area (Å²) in [7, 11) is 0. The Labute approximate surface area is 89.4 Å². The van der Waals surface area contributed by atoms with Crippen LogP contribution in [0.1, 0.15) is 52.9 Å². The third-order valence-electron chi connectivity index (χ3n) is 2.31. The van der Waals surface area contributed by atoms with Gasteiger partial charge in [0.1, 0.15) is 0 Å². The van der Waals surface area contributed by atoms with E-state index in [1.807, 2.05) is 0 Å². The van der Waals surface area contributed by atoms with Gasteiger partial charge in [0.05, 0.1) is 0 Å². The van der Waals surface area contributed by atoms with Crippen LogP contribution in [0.3, 0.4) is 0 Å². The lowest BCUT2D eigenvalue weighted by atomic mass is 10.2. The topological polar surface area (TPSA) is 21.3 Å². The average molecular weight is 201 g/mol. The highest BCUT2D eigenvalue weighted by molar-refractivity contribution is 4.59. The van der Waals surface area contributed by atoms with Crippen molar-refractivity contribution < 1.29 is 4.74 Å². The summed E-state index contributed by atoms with van der Waals surface area (Å²) in [5.41, 5.74) is 0. The summed E-state index contributed by atoms with van der Waals surface area (Å²) in [4.78, 5) is 0. The van der Waals surface area contributed by atoms with Gasteiger partial charge in [-0.1, -0.05) is 20.3 Å². The van der Waals surface area contributed by atoms with Crippen LogP contribution in [0.15, 0.2) is 0 Å². The number of hydrogen-bond donors (Lipinski definition) is 1. The molecule has 0 aromatic rings. The monoisotopic (exact) mass is 201 g/mol. The van der Waals surface area contributed by atoms with Crippen LogP contribution in [-0.2, 0) is 4.74 Å². The second-order valence-electron chi connectivity index (χ2n) is 3.96. The normalized spacial score (nSPS) is 13.1. The summed E-state index contributed by atoms with van der Waals surface area (Å²) < 4.78 is 5.50. The maximum absolute atomic E-state index is 5.50. The molecule has 2 heteroatoms. The molecule has 0 aliphatic carbocycles. The Balaban J connectivity index is 3.02. The highest BCUT2D eigenvalue weighted by Gasteiger charge is 1.99. The minimum absolute atomic E-state index is 0.643. The fraction of sp³-hybridized carbons (Fsp3) is 1.00. The van der Waals surface area contributed by atoms with Crippen molar-refractivity contribution >= 4 is 0 Å². The quantitative estimate of drug-likeness (QED) is 0.549. The number of nitrogens with one attached hydrogen (secondary N) is 1. The van der Waals surface area contributed by atoms with Gasteiger partial charge in [0.15, 0.2) is 0 Å². The third-order valence-corrected chi connectivity index (χ3v) is 2.31. The lowest BCUT2D eigenvalue weighted by Gasteiger charge is -2.12. The number of hydrogen-bond acceptors (Lipinski definition) is 2. The molecule has 0 radical (unpaired) electrons. The van der Waals surface area contributed by atoms with Crippen LogP contribution in [0.25, 0.3) is 0 Å². The SMILES string of the molecule is CCCCOCCCC(C)NCCC. The van der Waals surface area contributed by atoms with Gasteiger partial charge in [0, 0.05) is 19.3 Å². The molecule has 0 rings (SSSR count). The molecule has 14 heavy (non-hydrogen) atoms. The standard InChI is InChI=1S/C12H27NO/c1-4-6-10-14-11-7-8-12(3)13-9-5-2/h12-13H,4-11H2,1-3H3. The fourth-order valence-corrected chi connectivity index (χ4v) is 1.33. The van der Waals surface area contributed by atoms with E-state index in [0.717, 1.165) is 19.8 Å². The molecule has 0 bridgehead atoms. The Morgan fingerprint density at radius 3 is 2.43 bits per heavy atom. The van der Waals surface area contributed by atoms with Crippen molar-refractivity contribution in [3.63, 3.8) is 0 Å². The van der Waals surface area contributed by atoms with Crippen molar-refractivity contribution in [2.75, 3.05) is 19.8 Å². The van der Waals surface area contributed by atoms with Crippen molar-refractivity contribution in [3.8, 4) is 0 Å². The number of ether oxygens (including phenoxy) is 1. The zero-order valence-electron chi connectivity index (χ0n) is 10.1. The first-order valence-electron chi connectivity index (χ1n) is 6.12. The van der Waals surface area contributed by atoms with E-state index in [1.165, 1.54) is 32.1 Å². The van der Waals surface area contributed by atoms with Crippen molar-refractivity contribution in [3.05, 3.63) is 0 Å². The molecular weight excluding hydrogens is 174 g/mol. The summed E-state index contributed by atoms with van der Waals surface area (Å²) in [5.74, 6) is 0. The molecule has 0 amide bonds. The minimum Gasteiger partial charge on any atom is -0.381 e. The summed E-state index contributed by atoms with van der Waals surface area (Å²) in [6.45, 7) is 9.65. The molecule has 0 saturated carbocycles. The maximum Gasteiger partial charge on any atom is 0.0466 e. The predicted molar refractivity (Wildman–Crippen MR) is 62.7 cm³/mol. The van der Waals surface area contributed by atoms with Crippen LogP contribution < -0.4 is 5.32 Å². The van der Waals surface area contributed by atoms with Gasteiger partial charge in [-0.25, -0.2) is 0 Å². The van der Waals surface area contributed by atoms with Gasteiger partial charge in [0.25, 0.3) is 0 Å². The van der Waals surface area contributed by atoms with E-state index >= 15 is 0 Å². The van der Waals surface area contributed by atoms with E-state index in [1.54, 1.807) is 0 Å². The van der Waals surface area contributed by atoms with E-state index in [-0.39, 0.29) is 0 Å². The van der Waals surface area contributed by atoms with Crippen molar-refractivity contribution in [1.29, 1.82) is 0 Å². The molecule has 0 aromatic carbocycles. The molecule has 0 saturated heterocycles. The molecule has 0 aromatic heterocycles. The first-order valence-corrected chi connectivity index (χ1v) is 6.12. The molecule has 86 valence electrons. The predicted octanol–water partition coefficient (Wildman–Crippen LogP) is 2.97. The highest BCUT2D eigenvalue weighted by atomic mass is 16.5. The van der Waals surface area contributed by atoms with Crippen LogP contribution in [0.5, 0.6) is 0 Å². The number of rotatable bonds is 10. The minimum atomic E-state index is 0.643. The smallest absolute Gasteiger partial charge is 0.0466 e. The Morgan fingerprint density at radius 1 is 1.07 bits per heavy atom. The molecule has 1 atom stereocenters. The van der Waals surface area contributed by atoms with Gasteiger partial charge in [-0.15, -0.1) is 0 Å². The first kappa shape index (κ1) is 13.9. The Kier molecular flexibility index (Phi) is 10.9. The fourth-order valence-electron chi connectivity index (χ4n) is 1.33. The lowest BCUT2D eigenvalue weighted by molar-refractivity contribution is 0.125. The van der Waals surface area contributed by atoms with Crippen LogP contribution in [0, 0.1) is 0 Å². The van der Waals surface area contributed by atoms with Crippen molar-refractivity contribution in [2.24, 2.45) is 0 Å². The second kappa shape index (κ2) is 11.0. The molecule has 0 heterocycles. The summed E-state index contributed by atoms with van der Waals surface area (Å²) in [6, 6.07) is 0.643. The lowest BCUT2D eigenvalue weighted by Crippen LogP contribution is -2.26. The summed E-state index contributed by atoms with van der Waals surface area (Å²) in [6.07, 6.45) is 6.06. The van der Waals surface area contributed by atoms with Gasteiger partial charge < -0.3 is 10.1 Å². The summed E-state index contributed by atoms with van der Waals surface area (Å²) >= 11 is 0. The van der Waals surface area contributed by atoms with Crippen LogP contribution >= 0.6 is 0 Å². The molecule has 2 nitrogen and oxygen atoms in total. The van der Waals surface area contributed by atoms with E-state index in [9.17, 15) is 0 Å². The van der Waals surface area contributed by atoms with Crippen LogP contribution in [0.2, 0.25) is 0 Å².